The minimum Gasteiger partial charge on any atom is -0.393 e. The number of carbonyl (C=O) groups excluding carboxylic acids is 1. The second kappa shape index (κ2) is 5.54. The van der Waals surface area contributed by atoms with Gasteiger partial charge in [-0.3, -0.25) is 4.79 Å². The molecule has 4 rings (SSSR count). The topological polar surface area (TPSA) is 57.5 Å². The fourth-order valence-electron chi connectivity index (χ4n) is 7.89. The van der Waals surface area contributed by atoms with Crippen molar-refractivity contribution in [3.63, 3.8) is 0 Å². The molecule has 0 aromatic heterocycles. The molecule has 0 heterocycles. The van der Waals surface area contributed by atoms with Gasteiger partial charge in [0, 0.05) is 12.3 Å². The minimum atomic E-state index is -0.513. The molecular formula is C21H34O3. The van der Waals surface area contributed by atoms with Crippen molar-refractivity contribution >= 4 is 5.78 Å². The first-order valence-electron chi connectivity index (χ1n) is 10.2. The molecule has 0 saturated heterocycles. The van der Waals surface area contributed by atoms with E-state index in [0.717, 1.165) is 25.7 Å². The standard InChI is InChI=1S/C21H34O3/c1-12(22)19-18(24)11-17-15-5-4-13-10-14(23)6-8-20(13,2)16(15)7-9-21(17,19)3/h12-17,19,22-23H,4-11H2,1-3H3/t12-,13+,14-,15-,16+,17+,19-,20-,21-/m0/s1. The van der Waals surface area contributed by atoms with Gasteiger partial charge < -0.3 is 10.2 Å². The smallest absolute Gasteiger partial charge is 0.139 e. The predicted molar refractivity (Wildman–Crippen MR) is 93.3 cm³/mol. The van der Waals surface area contributed by atoms with E-state index >= 15 is 0 Å². The van der Waals surface area contributed by atoms with Gasteiger partial charge >= 0.3 is 0 Å². The van der Waals surface area contributed by atoms with Crippen LogP contribution in [0.25, 0.3) is 0 Å². The molecule has 9 atom stereocenters. The van der Waals surface area contributed by atoms with E-state index in [0.29, 0.717) is 41.3 Å². The Labute approximate surface area is 146 Å². The van der Waals surface area contributed by atoms with E-state index in [2.05, 4.69) is 13.8 Å². The number of carbonyl (C=O) groups is 1. The van der Waals surface area contributed by atoms with Crippen LogP contribution < -0.4 is 0 Å². The second-order valence-corrected chi connectivity index (χ2v) is 10.0. The van der Waals surface area contributed by atoms with Crippen molar-refractivity contribution in [3.8, 4) is 0 Å². The van der Waals surface area contributed by atoms with Crippen molar-refractivity contribution in [2.24, 2.45) is 40.4 Å². The van der Waals surface area contributed by atoms with Crippen molar-refractivity contribution in [1.29, 1.82) is 0 Å². The highest BCUT2D eigenvalue weighted by Crippen LogP contribution is 2.67. The number of aliphatic hydroxyl groups excluding tert-OH is 2. The van der Waals surface area contributed by atoms with Crippen LogP contribution in [0.1, 0.15) is 72.1 Å². The number of Topliss-reactive ketones (excluding diaryl/α,β-unsaturated/α-hetero) is 1. The quantitative estimate of drug-likeness (QED) is 0.771. The van der Waals surface area contributed by atoms with Gasteiger partial charge in [0.1, 0.15) is 5.78 Å². The molecule has 24 heavy (non-hydrogen) atoms. The Morgan fingerprint density at radius 2 is 1.75 bits per heavy atom. The third-order valence-corrected chi connectivity index (χ3v) is 9.04. The number of aliphatic hydroxyl groups is 2. The van der Waals surface area contributed by atoms with Crippen molar-refractivity contribution in [3.05, 3.63) is 0 Å². The lowest BCUT2D eigenvalue weighted by Gasteiger charge is -2.60. The Morgan fingerprint density at radius 3 is 2.46 bits per heavy atom. The summed E-state index contributed by atoms with van der Waals surface area (Å²) < 4.78 is 0. The largest absolute Gasteiger partial charge is 0.393 e. The lowest BCUT2D eigenvalue weighted by atomic mass is 9.44. The summed E-state index contributed by atoms with van der Waals surface area (Å²) in [6, 6.07) is 0. The van der Waals surface area contributed by atoms with E-state index in [4.69, 9.17) is 0 Å². The predicted octanol–water partition coefficient (Wildman–Crippen LogP) is 3.57. The maximum Gasteiger partial charge on any atom is 0.139 e. The highest BCUT2D eigenvalue weighted by atomic mass is 16.3. The van der Waals surface area contributed by atoms with Gasteiger partial charge in [0.2, 0.25) is 0 Å². The first kappa shape index (κ1) is 17.0. The number of fused-ring (bicyclic) bond motifs is 5. The van der Waals surface area contributed by atoms with E-state index in [9.17, 15) is 15.0 Å². The summed E-state index contributed by atoms with van der Waals surface area (Å²) in [5.74, 6) is 2.64. The number of ketones is 1. The highest BCUT2D eigenvalue weighted by molar-refractivity contribution is 5.85. The molecule has 136 valence electrons. The third-order valence-electron chi connectivity index (χ3n) is 9.04. The van der Waals surface area contributed by atoms with Gasteiger partial charge in [0.15, 0.2) is 0 Å². The van der Waals surface area contributed by atoms with Gasteiger partial charge in [-0.2, -0.15) is 0 Å². The zero-order valence-corrected chi connectivity index (χ0v) is 15.5. The van der Waals surface area contributed by atoms with Crippen LogP contribution in [-0.2, 0) is 4.79 Å². The molecule has 0 aromatic rings. The van der Waals surface area contributed by atoms with Gasteiger partial charge in [-0.1, -0.05) is 13.8 Å². The van der Waals surface area contributed by atoms with E-state index in [1.165, 1.54) is 19.3 Å². The maximum absolute atomic E-state index is 12.7. The Morgan fingerprint density at radius 1 is 1.04 bits per heavy atom. The van der Waals surface area contributed by atoms with Crippen LogP contribution in [0.2, 0.25) is 0 Å². The summed E-state index contributed by atoms with van der Waals surface area (Å²) in [6.07, 6.45) is 7.90. The number of rotatable bonds is 1. The summed E-state index contributed by atoms with van der Waals surface area (Å²) >= 11 is 0. The van der Waals surface area contributed by atoms with E-state index in [1.807, 2.05) is 6.92 Å². The molecule has 4 fully saturated rings. The third kappa shape index (κ3) is 2.19. The molecule has 0 unspecified atom stereocenters. The molecule has 0 spiro atoms. The lowest BCUT2D eigenvalue weighted by molar-refractivity contribution is -0.136. The van der Waals surface area contributed by atoms with Crippen molar-refractivity contribution in [2.45, 2.75) is 84.3 Å². The monoisotopic (exact) mass is 334 g/mol. The Bertz CT molecular complexity index is 529. The molecule has 2 N–H and O–H groups in total. The van der Waals surface area contributed by atoms with E-state index in [1.54, 1.807) is 0 Å². The zero-order valence-electron chi connectivity index (χ0n) is 15.5. The Hall–Kier alpha value is -0.410. The normalized spacial score (nSPS) is 55.5. The van der Waals surface area contributed by atoms with Gasteiger partial charge in [-0.05, 0) is 86.4 Å². The van der Waals surface area contributed by atoms with Gasteiger partial charge in [-0.15, -0.1) is 0 Å². The van der Waals surface area contributed by atoms with Crippen molar-refractivity contribution in [2.75, 3.05) is 0 Å². The van der Waals surface area contributed by atoms with Gasteiger partial charge in [0.05, 0.1) is 12.2 Å². The molecule has 4 aliphatic carbocycles. The van der Waals surface area contributed by atoms with E-state index < -0.39 is 6.10 Å². The van der Waals surface area contributed by atoms with Crippen molar-refractivity contribution < 1.29 is 15.0 Å². The molecule has 4 aliphatic rings. The van der Waals surface area contributed by atoms with Crippen molar-refractivity contribution in [1.82, 2.24) is 0 Å². The number of hydrogen-bond acceptors (Lipinski definition) is 3. The van der Waals surface area contributed by atoms with E-state index in [-0.39, 0.29) is 17.4 Å². The maximum atomic E-state index is 12.7. The highest BCUT2D eigenvalue weighted by Gasteiger charge is 2.62. The second-order valence-electron chi connectivity index (χ2n) is 10.0. The molecule has 3 nitrogen and oxygen atoms in total. The van der Waals surface area contributed by atoms with Crippen LogP contribution in [0, 0.1) is 40.4 Å². The summed E-state index contributed by atoms with van der Waals surface area (Å²) in [7, 11) is 0. The fraction of sp³-hybridized carbons (Fsp3) is 0.952. The molecule has 4 saturated carbocycles. The lowest BCUT2D eigenvalue weighted by Crippen LogP contribution is -2.54. The molecule has 3 heteroatoms. The first-order valence-corrected chi connectivity index (χ1v) is 10.2. The van der Waals surface area contributed by atoms with Crippen LogP contribution in [-0.4, -0.2) is 28.2 Å². The fourth-order valence-corrected chi connectivity index (χ4v) is 7.89. The Kier molecular flexibility index (Phi) is 3.93. The van der Waals surface area contributed by atoms with Crippen LogP contribution in [0.5, 0.6) is 0 Å². The van der Waals surface area contributed by atoms with Crippen LogP contribution >= 0.6 is 0 Å². The molecule has 0 aliphatic heterocycles. The molecule has 0 amide bonds. The van der Waals surface area contributed by atoms with Gasteiger partial charge in [-0.25, -0.2) is 0 Å². The van der Waals surface area contributed by atoms with Crippen LogP contribution in [0.3, 0.4) is 0 Å². The average Bonchev–Trinajstić information content (AvgIpc) is 2.78. The SMILES string of the molecule is C[C@H](O)[C@H]1C(=O)C[C@@H]2[C@H]3CC[C@@H]4C[C@@H](O)CC[C@]4(C)[C@@H]3CC[C@@]21C. The van der Waals surface area contributed by atoms with Crippen LogP contribution in [0.4, 0.5) is 0 Å². The minimum absolute atomic E-state index is 0.00376. The Balaban J connectivity index is 1.64. The zero-order chi connectivity index (χ0) is 17.3. The first-order chi connectivity index (χ1) is 11.3. The number of hydrogen-bond donors (Lipinski definition) is 2. The molecule has 0 radical (unpaired) electrons. The summed E-state index contributed by atoms with van der Waals surface area (Å²) in [5, 5.41) is 20.3. The molecule has 0 bridgehead atoms. The average molecular weight is 335 g/mol. The summed E-state index contributed by atoms with van der Waals surface area (Å²) in [4.78, 5) is 12.7. The van der Waals surface area contributed by atoms with Crippen LogP contribution in [0.15, 0.2) is 0 Å². The molecular weight excluding hydrogens is 300 g/mol. The van der Waals surface area contributed by atoms with Gasteiger partial charge in [0.25, 0.3) is 0 Å². The summed E-state index contributed by atoms with van der Waals surface area (Å²) in [5.41, 5.74) is 0.360. The summed E-state index contributed by atoms with van der Waals surface area (Å²) in [6.45, 7) is 6.57. The molecule has 0 aromatic carbocycles.